The minimum absolute atomic E-state index is 0.0181. The maximum absolute atomic E-state index is 13.7. The van der Waals surface area contributed by atoms with Crippen molar-refractivity contribution in [1.29, 1.82) is 0 Å². The van der Waals surface area contributed by atoms with Crippen LogP contribution in [-0.4, -0.2) is 25.5 Å². The van der Waals surface area contributed by atoms with E-state index < -0.39 is 48.7 Å². The molecule has 0 amide bonds. The van der Waals surface area contributed by atoms with Crippen LogP contribution in [0.5, 0.6) is 28.7 Å². The highest BCUT2D eigenvalue weighted by Gasteiger charge is 2.62. The Balaban J connectivity index is 2.62. The van der Waals surface area contributed by atoms with Gasteiger partial charge in [0.2, 0.25) is 0 Å². The molecule has 0 bridgehead atoms. The van der Waals surface area contributed by atoms with E-state index in [-0.39, 0.29) is 28.7 Å². The standard InChI is InChI=1S/C51H72O5/c1-43(2,3)49(44(4,5)6,32-19-25-35(52)26-20-32)38-31-39(50(45(7,8)9,46(10,11)12)33-21-27-36(53)28-22-33)42(56)40(41(38)55)51(47(13,14)15,48(16,17)18)34-23-29-37(54)30-24-34/h19-31,52-56H,1-18H3. The van der Waals surface area contributed by atoms with E-state index in [1.807, 2.05) is 36.4 Å². The highest BCUT2D eigenvalue weighted by Crippen LogP contribution is 2.69. The second kappa shape index (κ2) is 13.8. The number of phenols is 5. The molecule has 4 aromatic rings. The number of hydrogen-bond donors (Lipinski definition) is 5. The second-order valence-corrected chi connectivity index (χ2v) is 22.4. The van der Waals surface area contributed by atoms with Crippen LogP contribution in [0.15, 0.2) is 78.9 Å². The summed E-state index contributed by atoms with van der Waals surface area (Å²) in [5, 5.41) is 59.3. The fourth-order valence-electron chi connectivity index (χ4n) is 12.5. The molecule has 0 saturated heterocycles. The lowest BCUT2D eigenvalue weighted by atomic mass is 9.43. The van der Waals surface area contributed by atoms with E-state index in [4.69, 9.17) is 0 Å². The largest absolute Gasteiger partial charge is 0.508 e. The summed E-state index contributed by atoms with van der Waals surface area (Å²) >= 11 is 0. The minimum atomic E-state index is -1.06. The Hall–Kier alpha value is -4.12. The van der Waals surface area contributed by atoms with Crippen molar-refractivity contribution in [3.8, 4) is 28.7 Å². The third kappa shape index (κ3) is 6.45. The van der Waals surface area contributed by atoms with Crippen molar-refractivity contribution in [1.82, 2.24) is 0 Å². The van der Waals surface area contributed by atoms with E-state index in [1.165, 1.54) is 0 Å². The number of aromatic hydroxyl groups is 5. The van der Waals surface area contributed by atoms with Gasteiger partial charge < -0.3 is 25.5 Å². The monoisotopic (exact) mass is 765 g/mol. The molecule has 0 fully saturated rings. The van der Waals surface area contributed by atoms with Crippen LogP contribution in [0.25, 0.3) is 0 Å². The lowest BCUT2D eigenvalue weighted by molar-refractivity contribution is 0.0701. The van der Waals surface area contributed by atoms with Crippen molar-refractivity contribution in [2.24, 2.45) is 32.5 Å². The molecule has 0 spiro atoms. The van der Waals surface area contributed by atoms with E-state index in [0.29, 0.717) is 16.7 Å². The zero-order valence-corrected chi connectivity index (χ0v) is 37.7. The molecule has 0 atom stereocenters. The van der Waals surface area contributed by atoms with Gasteiger partial charge in [0.05, 0.1) is 0 Å². The van der Waals surface area contributed by atoms with E-state index in [2.05, 4.69) is 131 Å². The van der Waals surface area contributed by atoms with Gasteiger partial charge in [0.15, 0.2) is 0 Å². The highest BCUT2D eigenvalue weighted by atomic mass is 16.3. The van der Waals surface area contributed by atoms with Gasteiger partial charge in [-0.2, -0.15) is 0 Å². The SMILES string of the molecule is CC(C)(C)C(c1ccc(O)cc1)(c1cc(C(c2ccc(O)cc2)(C(C)(C)C)C(C)(C)C)c(O)c(C(c2ccc(O)cc2)(C(C)(C)C)C(C)(C)C)c1O)C(C)(C)C. The predicted octanol–water partition coefficient (Wildman–Crippen LogP) is 13.3. The van der Waals surface area contributed by atoms with Gasteiger partial charge in [0.1, 0.15) is 28.7 Å². The Morgan fingerprint density at radius 1 is 0.286 bits per heavy atom. The molecule has 0 radical (unpaired) electrons. The lowest BCUT2D eigenvalue weighted by Gasteiger charge is -2.59. The van der Waals surface area contributed by atoms with Crippen molar-refractivity contribution in [3.05, 3.63) is 112 Å². The predicted molar refractivity (Wildman–Crippen MR) is 233 cm³/mol. The van der Waals surface area contributed by atoms with Gasteiger partial charge in [-0.15, -0.1) is 0 Å². The Kier molecular flexibility index (Phi) is 11.0. The van der Waals surface area contributed by atoms with Gasteiger partial charge in [-0.05, 0) is 91.6 Å². The zero-order valence-electron chi connectivity index (χ0n) is 37.7. The average Bonchev–Trinajstić information content (AvgIpc) is 3.00. The first-order valence-corrected chi connectivity index (χ1v) is 20.2. The highest BCUT2D eigenvalue weighted by molar-refractivity contribution is 5.69. The van der Waals surface area contributed by atoms with Gasteiger partial charge in [-0.25, -0.2) is 0 Å². The van der Waals surface area contributed by atoms with Crippen LogP contribution < -0.4 is 0 Å². The molecule has 5 N–H and O–H groups in total. The van der Waals surface area contributed by atoms with Crippen molar-refractivity contribution >= 4 is 0 Å². The molecule has 0 aliphatic rings. The molecule has 5 nitrogen and oxygen atoms in total. The summed E-state index contributed by atoms with van der Waals surface area (Å²) in [4.78, 5) is 0. The third-order valence-electron chi connectivity index (χ3n) is 13.1. The van der Waals surface area contributed by atoms with E-state index >= 15 is 0 Å². The Bertz CT molecular complexity index is 1860. The van der Waals surface area contributed by atoms with Gasteiger partial charge in [0, 0.05) is 32.9 Å². The van der Waals surface area contributed by atoms with Crippen molar-refractivity contribution < 1.29 is 25.5 Å². The molecule has 4 rings (SSSR count). The quantitative estimate of drug-likeness (QED) is 0.135. The fourth-order valence-corrected chi connectivity index (χ4v) is 12.5. The van der Waals surface area contributed by atoms with Gasteiger partial charge >= 0.3 is 0 Å². The molecule has 0 unspecified atom stereocenters. The molecule has 4 aromatic carbocycles. The van der Waals surface area contributed by atoms with Crippen molar-refractivity contribution in [2.45, 2.75) is 141 Å². The van der Waals surface area contributed by atoms with Crippen LogP contribution in [0.3, 0.4) is 0 Å². The molecule has 0 heterocycles. The maximum atomic E-state index is 13.7. The zero-order chi connectivity index (χ0) is 43.0. The summed E-state index contributed by atoms with van der Waals surface area (Å²) in [5.41, 5.74) is -1.79. The van der Waals surface area contributed by atoms with Crippen LogP contribution in [0.1, 0.15) is 158 Å². The first-order chi connectivity index (χ1) is 25.2. The minimum Gasteiger partial charge on any atom is -0.508 e. The van der Waals surface area contributed by atoms with Gasteiger partial charge in [0.25, 0.3) is 0 Å². The smallest absolute Gasteiger partial charge is 0.127 e. The Morgan fingerprint density at radius 2 is 0.482 bits per heavy atom. The third-order valence-corrected chi connectivity index (χ3v) is 13.1. The van der Waals surface area contributed by atoms with Crippen LogP contribution in [0.4, 0.5) is 0 Å². The Morgan fingerprint density at radius 3 is 0.679 bits per heavy atom. The van der Waals surface area contributed by atoms with Crippen LogP contribution in [0, 0.1) is 32.5 Å². The summed E-state index contributed by atoms with van der Waals surface area (Å²) < 4.78 is 0. The number of benzene rings is 4. The molecular formula is C51H72O5. The van der Waals surface area contributed by atoms with Gasteiger partial charge in [-0.3, -0.25) is 0 Å². The van der Waals surface area contributed by atoms with E-state index in [9.17, 15) is 25.5 Å². The summed E-state index contributed by atoms with van der Waals surface area (Å²) in [6.07, 6.45) is 0. The fraction of sp³-hybridized carbons (Fsp3) is 0.529. The van der Waals surface area contributed by atoms with Crippen LogP contribution in [0.2, 0.25) is 0 Å². The van der Waals surface area contributed by atoms with E-state index in [1.54, 1.807) is 36.4 Å². The molecule has 0 aliphatic carbocycles. The van der Waals surface area contributed by atoms with Gasteiger partial charge in [-0.1, -0.05) is 161 Å². The molecule has 306 valence electrons. The normalized spacial score (nSPS) is 14.2. The number of phenolic OH excluding ortho intramolecular Hbond substituents is 5. The molecule has 0 aliphatic heterocycles. The lowest BCUT2D eigenvalue weighted by Crippen LogP contribution is -2.55. The first kappa shape index (κ1) is 44.6. The summed E-state index contributed by atoms with van der Waals surface area (Å²) in [6.45, 7) is 39.5. The summed E-state index contributed by atoms with van der Waals surface area (Å²) in [5.74, 6) is 0.474. The first-order valence-electron chi connectivity index (χ1n) is 20.2. The molecule has 5 heteroatoms. The summed E-state index contributed by atoms with van der Waals surface area (Å²) in [6, 6.07) is 24.1. The molecule has 0 aromatic heterocycles. The van der Waals surface area contributed by atoms with E-state index in [0.717, 1.165) is 16.7 Å². The van der Waals surface area contributed by atoms with Crippen LogP contribution in [-0.2, 0) is 16.2 Å². The maximum Gasteiger partial charge on any atom is 0.127 e. The molecule has 0 saturated carbocycles. The molecular weight excluding hydrogens is 693 g/mol. The number of rotatable bonds is 6. The Labute approximate surface area is 338 Å². The molecule has 56 heavy (non-hydrogen) atoms. The van der Waals surface area contributed by atoms with Crippen LogP contribution >= 0.6 is 0 Å². The second-order valence-electron chi connectivity index (χ2n) is 22.4. The van der Waals surface area contributed by atoms with Crippen molar-refractivity contribution in [2.75, 3.05) is 0 Å². The number of hydrogen-bond acceptors (Lipinski definition) is 5. The average molecular weight is 765 g/mol. The van der Waals surface area contributed by atoms with Crippen molar-refractivity contribution in [3.63, 3.8) is 0 Å². The topological polar surface area (TPSA) is 101 Å². The summed E-state index contributed by atoms with van der Waals surface area (Å²) in [7, 11) is 0.